The molecule has 2 heterocycles. The number of carbonyl (C=O) groups is 3. The van der Waals surface area contributed by atoms with Gasteiger partial charge in [0.1, 0.15) is 11.5 Å². The van der Waals surface area contributed by atoms with E-state index in [-0.39, 0.29) is 35.9 Å². The number of rotatable bonds is 8. The van der Waals surface area contributed by atoms with Crippen molar-refractivity contribution in [2.75, 3.05) is 39.6 Å². The number of esters is 1. The number of nitrogens with one attached hydrogen (secondary N) is 1. The van der Waals surface area contributed by atoms with E-state index in [0.717, 1.165) is 12.0 Å². The SMILES string of the molecule is COC(=O)CC(CN(C)C)Cn1nc2c(c1C=O)CN(C(=O)Nc1ccc(F)c(Cl)c1)CC2. The summed E-state index contributed by atoms with van der Waals surface area (Å²) >= 11 is 5.78. The van der Waals surface area contributed by atoms with Crippen LogP contribution >= 0.6 is 11.6 Å². The molecular weight excluding hydrogens is 453 g/mol. The lowest BCUT2D eigenvalue weighted by Crippen LogP contribution is -2.39. The Morgan fingerprint density at radius 3 is 2.79 bits per heavy atom. The van der Waals surface area contributed by atoms with Crippen molar-refractivity contribution in [1.82, 2.24) is 19.6 Å². The zero-order valence-corrected chi connectivity index (χ0v) is 19.6. The summed E-state index contributed by atoms with van der Waals surface area (Å²) in [5, 5.41) is 7.21. The molecule has 33 heavy (non-hydrogen) atoms. The lowest BCUT2D eigenvalue weighted by atomic mass is 10.0. The maximum absolute atomic E-state index is 13.4. The fraction of sp³-hybridized carbons (Fsp3) is 0.455. The number of halogens is 2. The number of hydrogen-bond acceptors (Lipinski definition) is 6. The Labute approximate surface area is 196 Å². The van der Waals surface area contributed by atoms with E-state index in [1.165, 1.54) is 25.3 Å². The molecule has 11 heteroatoms. The van der Waals surface area contributed by atoms with Crippen LogP contribution in [0.15, 0.2) is 18.2 Å². The maximum atomic E-state index is 13.4. The number of amides is 2. The Hall–Kier alpha value is -2.98. The van der Waals surface area contributed by atoms with Crippen molar-refractivity contribution in [3.05, 3.63) is 46.0 Å². The molecule has 1 aliphatic heterocycles. The van der Waals surface area contributed by atoms with Gasteiger partial charge in [0.25, 0.3) is 0 Å². The highest BCUT2D eigenvalue weighted by Gasteiger charge is 2.28. The van der Waals surface area contributed by atoms with Crippen LogP contribution in [0, 0.1) is 11.7 Å². The summed E-state index contributed by atoms with van der Waals surface area (Å²) < 4.78 is 19.8. The first-order valence-electron chi connectivity index (χ1n) is 10.5. The molecule has 0 bridgehead atoms. The van der Waals surface area contributed by atoms with Crippen LogP contribution in [0.25, 0.3) is 0 Å². The van der Waals surface area contributed by atoms with E-state index < -0.39 is 5.82 Å². The molecule has 2 aromatic rings. The molecule has 1 aromatic carbocycles. The average molecular weight is 480 g/mol. The quantitative estimate of drug-likeness (QED) is 0.462. The van der Waals surface area contributed by atoms with Crippen LogP contribution in [-0.2, 0) is 29.0 Å². The second-order valence-corrected chi connectivity index (χ2v) is 8.66. The van der Waals surface area contributed by atoms with Crippen molar-refractivity contribution in [2.45, 2.75) is 25.9 Å². The number of aromatic nitrogens is 2. The number of methoxy groups -OCH3 is 1. The van der Waals surface area contributed by atoms with Crippen LogP contribution in [0.5, 0.6) is 0 Å². The van der Waals surface area contributed by atoms with E-state index in [1.54, 1.807) is 9.58 Å². The number of carbonyl (C=O) groups excluding carboxylic acids is 3. The topological polar surface area (TPSA) is 96.8 Å². The normalized spacial score (nSPS) is 14.1. The van der Waals surface area contributed by atoms with Gasteiger partial charge in [0.15, 0.2) is 6.29 Å². The Bertz CT molecular complexity index is 1040. The summed E-state index contributed by atoms with van der Waals surface area (Å²) in [4.78, 5) is 40.0. The first kappa shape index (κ1) is 24.7. The van der Waals surface area contributed by atoms with Crippen molar-refractivity contribution in [3.8, 4) is 0 Å². The van der Waals surface area contributed by atoms with E-state index >= 15 is 0 Å². The second-order valence-electron chi connectivity index (χ2n) is 8.25. The van der Waals surface area contributed by atoms with Gasteiger partial charge in [-0.3, -0.25) is 14.3 Å². The van der Waals surface area contributed by atoms with Gasteiger partial charge in [-0.1, -0.05) is 11.6 Å². The Kier molecular flexibility index (Phi) is 8.04. The predicted octanol–water partition coefficient (Wildman–Crippen LogP) is 2.82. The number of anilines is 1. The average Bonchev–Trinajstić information content (AvgIpc) is 3.11. The van der Waals surface area contributed by atoms with Gasteiger partial charge in [0, 0.05) is 43.2 Å². The standard InChI is InChI=1S/C22H27ClFN5O4/c1-27(2)10-14(8-21(31)33-3)11-29-20(13-30)16-12-28(7-6-19(16)26-29)22(32)25-15-4-5-18(24)17(23)9-15/h4-5,9,13-14H,6-8,10-12H2,1-3H3,(H,25,32). The number of ether oxygens (including phenoxy) is 1. The number of benzene rings is 1. The van der Waals surface area contributed by atoms with Gasteiger partial charge in [0.05, 0.1) is 30.8 Å². The molecule has 9 nitrogen and oxygen atoms in total. The summed E-state index contributed by atoms with van der Waals surface area (Å²) in [6, 6.07) is 3.56. The first-order valence-corrected chi connectivity index (χ1v) is 10.9. The molecule has 1 aromatic heterocycles. The van der Waals surface area contributed by atoms with E-state index in [0.29, 0.717) is 43.0 Å². The molecule has 0 fully saturated rings. The molecule has 0 spiro atoms. The van der Waals surface area contributed by atoms with E-state index in [9.17, 15) is 18.8 Å². The highest BCUT2D eigenvalue weighted by Crippen LogP contribution is 2.25. The summed E-state index contributed by atoms with van der Waals surface area (Å²) in [5.41, 5.74) is 2.21. The predicted molar refractivity (Wildman–Crippen MR) is 121 cm³/mol. The number of fused-ring (bicyclic) bond motifs is 1. The van der Waals surface area contributed by atoms with Crippen LogP contribution in [0.3, 0.4) is 0 Å². The summed E-state index contributed by atoms with van der Waals surface area (Å²) in [7, 11) is 5.16. The number of urea groups is 1. The highest BCUT2D eigenvalue weighted by atomic mass is 35.5. The number of hydrogen-bond donors (Lipinski definition) is 1. The molecule has 1 N–H and O–H groups in total. The zero-order chi connectivity index (χ0) is 24.1. The molecule has 3 rings (SSSR count). The second kappa shape index (κ2) is 10.8. The Balaban J connectivity index is 1.76. The van der Waals surface area contributed by atoms with Gasteiger partial charge < -0.3 is 19.9 Å². The number of aldehydes is 1. The molecule has 0 aliphatic carbocycles. The van der Waals surface area contributed by atoms with Crippen LogP contribution < -0.4 is 5.32 Å². The van der Waals surface area contributed by atoms with Crippen molar-refractivity contribution in [3.63, 3.8) is 0 Å². The summed E-state index contributed by atoms with van der Waals surface area (Å²) in [5.74, 6) is -0.995. The van der Waals surface area contributed by atoms with Crippen molar-refractivity contribution in [2.24, 2.45) is 5.92 Å². The largest absolute Gasteiger partial charge is 0.469 e. The molecule has 178 valence electrons. The van der Waals surface area contributed by atoms with E-state index in [4.69, 9.17) is 16.3 Å². The monoisotopic (exact) mass is 479 g/mol. The lowest BCUT2D eigenvalue weighted by molar-refractivity contribution is -0.142. The van der Waals surface area contributed by atoms with Crippen molar-refractivity contribution >= 4 is 35.6 Å². The van der Waals surface area contributed by atoms with Crippen molar-refractivity contribution < 1.29 is 23.5 Å². The smallest absolute Gasteiger partial charge is 0.322 e. The maximum Gasteiger partial charge on any atom is 0.322 e. The zero-order valence-electron chi connectivity index (χ0n) is 18.8. The van der Waals surface area contributed by atoms with Crippen LogP contribution in [-0.4, -0.2) is 72.2 Å². The fourth-order valence-electron chi connectivity index (χ4n) is 3.94. The first-order chi connectivity index (χ1) is 15.7. The molecular formula is C22H27ClFN5O4. The van der Waals surface area contributed by atoms with Gasteiger partial charge in [-0.25, -0.2) is 9.18 Å². The van der Waals surface area contributed by atoms with Crippen LogP contribution in [0.1, 0.15) is 28.2 Å². The van der Waals surface area contributed by atoms with Crippen LogP contribution in [0.4, 0.5) is 14.9 Å². The lowest BCUT2D eigenvalue weighted by Gasteiger charge is -2.26. The van der Waals surface area contributed by atoms with E-state index in [2.05, 4.69) is 10.4 Å². The molecule has 0 saturated carbocycles. The molecule has 1 atom stereocenters. The van der Waals surface area contributed by atoms with Gasteiger partial charge in [-0.05, 0) is 32.3 Å². The number of nitrogens with zero attached hydrogens (tertiary/aromatic N) is 4. The molecule has 0 saturated heterocycles. The van der Waals surface area contributed by atoms with E-state index in [1.807, 2.05) is 19.0 Å². The molecule has 2 amide bonds. The third-order valence-corrected chi connectivity index (χ3v) is 5.74. The molecule has 1 aliphatic rings. The summed E-state index contributed by atoms with van der Waals surface area (Å²) in [6.07, 6.45) is 1.42. The summed E-state index contributed by atoms with van der Waals surface area (Å²) in [6.45, 7) is 1.60. The highest BCUT2D eigenvalue weighted by molar-refractivity contribution is 6.31. The van der Waals surface area contributed by atoms with Gasteiger partial charge in [-0.2, -0.15) is 5.10 Å². The fourth-order valence-corrected chi connectivity index (χ4v) is 4.12. The van der Waals surface area contributed by atoms with Gasteiger partial charge in [-0.15, -0.1) is 0 Å². The third-order valence-electron chi connectivity index (χ3n) is 5.45. The Morgan fingerprint density at radius 1 is 1.39 bits per heavy atom. The minimum absolute atomic E-state index is 0.0857. The Morgan fingerprint density at radius 2 is 2.15 bits per heavy atom. The van der Waals surface area contributed by atoms with Gasteiger partial charge >= 0.3 is 12.0 Å². The molecule has 0 radical (unpaired) electrons. The molecule has 1 unspecified atom stereocenters. The minimum atomic E-state index is -0.569. The van der Waals surface area contributed by atoms with Crippen LogP contribution in [0.2, 0.25) is 5.02 Å². The third kappa shape index (κ3) is 6.08. The van der Waals surface area contributed by atoms with Crippen molar-refractivity contribution in [1.29, 1.82) is 0 Å². The minimum Gasteiger partial charge on any atom is -0.469 e. The van der Waals surface area contributed by atoms with Gasteiger partial charge in [0.2, 0.25) is 0 Å².